The number of hydrogen-bond acceptors (Lipinski definition) is 4. The van der Waals surface area contributed by atoms with E-state index in [1.165, 1.54) is 14.0 Å². The SMILES string of the molecule is COC(=O)C1(CCCCCCCCO)CN(C(C)=O)C1. The molecule has 0 bridgehead atoms. The molecule has 0 aromatic heterocycles. The molecular formula is C15H27NO4. The predicted molar refractivity (Wildman–Crippen MR) is 76.1 cm³/mol. The van der Waals surface area contributed by atoms with Crippen molar-refractivity contribution in [1.82, 2.24) is 4.90 Å². The van der Waals surface area contributed by atoms with Crippen LogP contribution in [-0.2, 0) is 14.3 Å². The molecule has 0 aromatic carbocycles. The molecule has 0 aromatic rings. The van der Waals surface area contributed by atoms with Gasteiger partial charge in [-0.3, -0.25) is 9.59 Å². The van der Waals surface area contributed by atoms with Crippen LogP contribution in [-0.4, -0.2) is 48.7 Å². The largest absolute Gasteiger partial charge is 0.468 e. The second-order valence-electron chi connectivity index (χ2n) is 5.74. The maximum Gasteiger partial charge on any atom is 0.315 e. The van der Waals surface area contributed by atoms with Crippen molar-refractivity contribution in [2.75, 3.05) is 26.8 Å². The molecule has 0 saturated carbocycles. The third-order valence-corrected chi connectivity index (χ3v) is 4.11. The van der Waals surface area contributed by atoms with Gasteiger partial charge in [0.25, 0.3) is 0 Å². The summed E-state index contributed by atoms with van der Waals surface area (Å²) in [7, 11) is 1.41. The predicted octanol–water partition coefficient (Wildman–Crippen LogP) is 1.73. The molecule has 116 valence electrons. The average Bonchev–Trinajstić information content (AvgIpc) is 2.38. The van der Waals surface area contributed by atoms with Gasteiger partial charge < -0.3 is 14.7 Å². The average molecular weight is 285 g/mol. The lowest BCUT2D eigenvalue weighted by Gasteiger charge is -2.47. The van der Waals surface area contributed by atoms with Crippen molar-refractivity contribution in [2.45, 2.75) is 51.9 Å². The highest BCUT2D eigenvalue weighted by Gasteiger charge is 2.50. The molecule has 1 heterocycles. The molecule has 5 nitrogen and oxygen atoms in total. The fourth-order valence-electron chi connectivity index (χ4n) is 2.80. The summed E-state index contributed by atoms with van der Waals surface area (Å²) in [4.78, 5) is 24.8. The summed E-state index contributed by atoms with van der Waals surface area (Å²) in [6, 6.07) is 0. The van der Waals surface area contributed by atoms with Gasteiger partial charge in [0.05, 0.1) is 7.11 Å². The van der Waals surface area contributed by atoms with Gasteiger partial charge in [-0.2, -0.15) is 0 Å². The fraction of sp³-hybridized carbons (Fsp3) is 0.867. The molecule has 5 heteroatoms. The van der Waals surface area contributed by atoms with Gasteiger partial charge in [-0.05, 0) is 12.8 Å². The number of aliphatic hydroxyl groups is 1. The van der Waals surface area contributed by atoms with Crippen LogP contribution in [0.5, 0.6) is 0 Å². The molecule has 1 aliphatic heterocycles. The topological polar surface area (TPSA) is 66.8 Å². The number of amides is 1. The Bertz CT molecular complexity index is 324. The van der Waals surface area contributed by atoms with Crippen LogP contribution in [0.1, 0.15) is 51.9 Å². The Balaban J connectivity index is 2.26. The van der Waals surface area contributed by atoms with E-state index in [1.807, 2.05) is 0 Å². The summed E-state index contributed by atoms with van der Waals surface area (Å²) in [5.41, 5.74) is -0.467. The first-order valence-electron chi connectivity index (χ1n) is 7.50. The minimum absolute atomic E-state index is 0.0218. The molecule has 0 atom stereocenters. The summed E-state index contributed by atoms with van der Waals surface area (Å²) in [6.07, 6.45) is 7.07. The third kappa shape index (κ3) is 4.47. The van der Waals surface area contributed by atoms with Crippen LogP contribution in [0.25, 0.3) is 0 Å². The van der Waals surface area contributed by atoms with Crippen LogP contribution in [0.4, 0.5) is 0 Å². The van der Waals surface area contributed by atoms with E-state index in [2.05, 4.69) is 0 Å². The van der Waals surface area contributed by atoms with Gasteiger partial charge in [-0.15, -0.1) is 0 Å². The van der Waals surface area contributed by atoms with Gasteiger partial charge in [0.1, 0.15) is 5.41 Å². The lowest BCUT2D eigenvalue weighted by atomic mass is 9.75. The Morgan fingerprint density at radius 1 is 1.10 bits per heavy atom. The van der Waals surface area contributed by atoms with Crippen molar-refractivity contribution in [3.05, 3.63) is 0 Å². The Morgan fingerprint density at radius 3 is 2.15 bits per heavy atom. The van der Waals surface area contributed by atoms with E-state index in [1.54, 1.807) is 4.90 Å². The van der Waals surface area contributed by atoms with Gasteiger partial charge >= 0.3 is 5.97 Å². The van der Waals surface area contributed by atoms with Crippen LogP contribution in [0.3, 0.4) is 0 Å². The number of likely N-dealkylation sites (tertiary alicyclic amines) is 1. The standard InChI is InChI=1S/C15H27NO4/c1-13(18)16-11-15(12-16,14(19)20-2)9-7-5-3-4-6-8-10-17/h17H,3-12H2,1-2H3. The number of hydrogen-bond donors (Lipinski definition) is 1. The summed E-state index contributed by atoms with van der Waals surface area (Å²) >= 11 is 0. The fourth-order valence-corrected chi connectivity index (χ4v) is 2.80. The van der Waals surface area contributed by atoms with Crippen molar-refractivity contribution in [3.8, 4) is 0 Å². The monoisotopic (exact) mass is 285 g/mol. The third-order valence-electron chi connectivity index (χ3n) is 4.11. The summed E-state index contributed by atoms with van der Waals surface area (Å²) in [5, 5.41) is 8.69. The Morgan fingerprint density at radius 2 is 1.65 bits per heavy atom. The molecule has 1 fully saturated rings. The van der Waals surface area contributed by atoms with E-state index < -0.39 is 5.41 Å². The number of esters is 1. The van der Waals surface area contributed by atoms with Crippen LogP contribution in [0.2, 0.25) is 0 Å². The van der Waals surface area contributed by atoms with E-state index in [0.717, 1.165) is 44.9 Å². The molecule has 0 radical (unpaired) electrons. The number of carbonyl (C=O) groups excluding carboxylic acids is 2. The van der Waals surface area contributed by atoms with Crippen LogP contribution < -0.4 is 0 Å². The molecule has 0 spiro atoms. The lowest BCUT2D eigenvalue weighted by Crippen LogP contribution is -2.62. The zero-order chi connectivity index (χ0) is 15.0. The molecule has 20 heavy (non-hydrogen) atoms. The highest BCUT2D eigenvalue weighted by molar-refractivity contribution is 5.83. The molecular weight excluding hydrogens is 258 g/mol. The minimum atomic E-state index is -0.467. The second kappa shape index (κ2) is 8.25. The van der Waals surface area contributed by atoms with Gasteiger partial charge in [-0.25, -0.2) is 0 Å². The van der Waals surface area contributed by atoms with Gasteiger partial charge in [0.15, 0.2) is 0 Å². The molecule has 1 amide bonds. The van der Waals surface area contributed by atoms with Crippen LogP contribution >= 0.6 is 0 Å². The number of ether oxygens (including phenoxy) is 1. The number of nitrogens with zero attached hydrogens (tertiary/aromatic N) is 1. The molecule has 0 unspecified atom stereocenters. The quantitative estimate of drug-likeness (QED) is 0.517. The minimum Gasteiger partial charge on any atom is -0.468 e. The Hall–Kier alpha value is -1.10. The van der Waals surface area contributed by atoms with E-state index in [0.29, 0.717) is 13.1 Å². The zero-order valence-electron chi connectivity index (χ0n) is 12.7. The molecule has 0 aliphatic carbocycles. The van der Waals surface area contributed by atoms with E-state index in [9.17, 15) is 9.59 Å². The highest BCUT2D eigenvalue weighted by Crippen LogP contribution is 2.37. The van der Waals surface area contributed by atoms with Crippen molar-refractivity contribution < 1.29 is 19.4 Å². The number of aliphatic hydroxyl groups excluding tert-OH is 1. The Kier molecular flexibility index (Phi) is 6.99. The molecule has 1 saturated heterocycles. The Labute approximate surface area is 121 Å². The van der Waals surface area contributed by atoms with Crippen molar-refractivity contribution in [2.24, 2.45) is 5.41 Å². The van der Waals surface area contributed by atoms with Crippen molar-refractivity contribution in [1.29, 1.82) is 0 Å². The molecule has 1 N–H and O–H groups in total. The van der Waals surface area contributed by atoms with Crippen molar-refractivity contribution >= 4 is 11.9 Å². The van der Waals surface area contributed by atoms with Crippen LogP contribution in [0.15, 0.2) is 0 Å². The molecule has 1 aliphatic rings. The van der Waals surface area contributed by atoms with E-state index >= 15 is 0 Å². The first kappa shape index (κ1) is 17.0. The summed E-state index contributed by atoms with van der Waals surface area (Å²) < 4.78 is 4.89. The number of rotatable bonds is 9. The second-order valence-corrected chi connectivity index (χ2v) is 5.74. The normalized spacial score (nSPS) is 16.6. The van der Waals surface area contributed by atoms with Gasteiger partial charge in [0, 0.05) is 26.6 Å². The first-order chi connectivity index (χ1) is 9.55. The smallest absolute Gasteiger partial charge is 0.315 e. The lowest BCUT2D eigenvalue weighted by molar-refractivity contribution is -0.169. The number of unbranched alkanes of at least 4 members (excludes halogenated alkanes) is 5. The molecule has 1 rings (SSSR count). The van der Waals surface area contributed by atoms with Crippen molar-refractivity contribution in [3.63, 3.8) is 0 Å². The summed E-state index contributed by atoms with van der Waals surface area (Å²) in [6.45, 7) is 2.80. The number of methoxy groups -OCH3 is 1. The van der Waals surface area contributed by atoms with E-state index in [4.69, 9.17) is 9.84 Å². The maximum atomic E-state index is 11.9. The van der Waals surface area contributed by atoms with Crippen LogP contribution in [0, 0.1) is 5.41 Å². The van der Waals surface area contributed by atoms with Gasteiger partial charge in [0.2, 0.25) is 5.91 Å². The number of carbonyl (C=O) groups is 2. The first-order valence-corrected chi connectivity index (χ1v) is 7.50. The summed E-state index contributed by atoms with van der Waals surface area (Å²) in [5.74, 6) is -0.163. The van der Waals surface area contributed by atoms with Gasteiger partial charge in [-0.1, -0.05) is 32.1 Å². The highest BCUT2D eigenvalue weighted by atomic mass is 16.5. The maximum absolute atomic E-state index is 11.9. The van der Waals surface area contributed by atoms with E-state index in [-0.39, 0.29) is 18.5 Å². The zero-order valence-corrected chi connectivity index (χ0v) is 12.7.